The molecule has 2 aromatic rings. The molecule has 1 fully saturated rings. The molecule has 2 N–H and O–H groups in total. The van der Waals surface area contributed by atoms with E-state index in [9.17, 15) is 13.2 Å². The molecular weight excluding hydrogens is 396 g/mol. The Balaban J connectivity index is 1.41. The summed E-state index contributed by atoms with van der Waals surface area (Å²) in [5.74, 6) is 0.703. The Kier molecular flexibility index (Phi) is 7.67. The zero-order valence-corrected chi connectivity index (χ0v) is 18.6. The number of carbonyl (C=O) groups excluding carboxylic acids is 1. The Hall–Kier alpha value is -2.18. The van der Waals surface area contributed by atoms with Crippen molar-refractivity contribution in [2.24, 2.45) is 11.8 Å². The first kappa shape index (κ1) is 22.5. The van der Waals surface area contributed by atoms with Crippen LogP contribution in [-0.2, 0) is 14.8 Å². The molecule has 1 atom stereocenters. The van der Waals surface area contributed by atoms with Gasteiger partial charge in [0.2, 0.25) is 15.9 Å². The van der Waals surface area contributed by atoms with Crippen LogP contribution < -0.4 is 10.0 Å². The molecule has 6 heteroatoms. The van der Waals surface area contributed by atoms with E-state index in [2.05, 4.69) is 29.1 Å². The number of hydrogen-bond acceptors (Lipinski definition) is 3. The lowest BCUT2D eigenvalue weighted by Crippen LogP contribution is -2.37. The first-order chi connectivity index (χ1) is 14.3. The van der Waals surface area contributed by atoms with Crippen molar-refractivity contribution >= 4 is 15.9 Å². The minimum absolute atomic E-state index is 0.0259. The molecule has 0 aliphatic heterocycles. The topological polar surface area (TPSA) is 75.3 Å². The van der Waals surface area contributed by atoms with Gasteiger partial charge in [0, 0.05) is 19.0 Å². The van der Waals surface area contributed by atoms with E-state index in [1.165, 1.54) is 5.56 Å². The molecule has 0 bridgehead atoms. The second-order valence-electron chi connectivity index (χ2n) is 8.44. The zero-order valence-electron chi connectivity index (χ0n) is 17.8. The predicted octanol–water partition coefficient (Wildman–Crippen LogP) is 4.00. The van der Waals surface area contributed by atoms with Gasteiger partial charge in [-0.2, -0.15) is 0 Å². The Labute approximate surface area is 180 Å². The molecule has 5 nitrogen and oxygen atoms in total. The molecule has 0 unspecified atom stereocenters. The summed E-state index contributed by atoms with van der Waals surface area (Å²) in [5, 5.41) is 3.10. The van der Waals surface area contributed by atoms with E-state index >= 15 is 0 Å². The molecule has 2 aromatic carbocycles. The monoisotopic (exact) mass is 428 g/mol. The van der Waals surface area contributed by atoms with Crippen molar-refractivity contribution in [2.75, 3.05) is 13.1 Å². The molecule has 1 aliphatic carbocycles. The van der Waals surface area contributed by atoms with E-state index in [1.807, 2.05) is 25.1 Å². The van der Waals surface area contributed by atoms with Gasteiger partial charge in [0.15, 0.2) is 0 Å². The summed E-state index contributed by atoms with van der Waals surface area (Å²) in [5.41, 5.74) is 2.26. The minimum Gasteiger partial charge on any atom is -0.355 e. The molecule has 1 amide bonds. The van der Waals surface area contributed by atoms with Crippen LogP contribution in [0.5, 0.6) is 0 Å². The predicted molar refractivity (Wildman–Crippen MR) is 120 cm³/mol. The van der Waals surface area contributed by atoms with Gasteiger partial charge < -0.3 is 5.32 Å². The first-order valence-corrected chi connectivity index (χ1v) is 12.2. The average Bonchev–Trinajstić information content (AvgIpc) is 2.77. The average molecular weight is 429 g/mol. The number of amides is 1. The number of hydrogen-bond donors (Lipinski definition) is 2. The summed E-state index contributed by atoms with van der Waals surface area (Å²) < 4.78 is 27.6. The van der Waals surface area contributed by atoms with Gasteiger partial charge in [-0.25, -0.2) is 13.1 Å². The fourth-order valence-electron chi connectivity index (χ4n) is 3.95. The lowest BCUT2D eigenvalue weighted by atomic mass is 9.81. The zero-order chi connectivity index (χ0) is 21.6. The summed E-state index contributed by atoms with van der Waals surface area (Å²) in [6, 6.07) is 17.1. The van der Waals surface area contributed by atoms with E-state index in [0.717, 1.165) is 31.2 Å². The smallest absolute Gasteiger partial charge is 0.240 e. The fraction of sp³-hybridized carbons (Fsp3) is 0.458. The van der Waals surface area contributed by atoms with Gasteiger partial charge in [-0.1, -0.05) is 55.0 Å². The van der Waals surface area contributed by atoms with Crippen molar-refractivity contribution in [3.8, 4) is 0 Å². The summed E-state index contributed by atoms with van der Waals surface area (Å²) in [4.78, 5) is 12.8. The van der Waals surface area contributed by atoms with Crippen LogP contribution in [0.2, 0.25) is 0 Å². The third-order valence-corrected chi connectivity index (χ3v) is 7.50. The number of benzene rings is 2. The van der Waals surface area contributed by atoms with Crippen molar-refractivity contribution in [2.45, 2.75) is 50.3 Å². The summed E-state index contributed by atoms with van der Waals surface area (Å²) in [6.07, 6.45) is 3.34. The molecule has 0 aromatic heterocycles. The lowest BCUT2D eigenvalue weighted by molar-refractivity contribution is -0.126. The van der Waals surface area contributed by atoms with E-state index in [1.54, 1.807) is 24.3 Å². The standard InChI is InChI=1S/C24H32N2O3S/c1-18-8-14-23(15-9-18)30(28,29)26-17-20-10-12-22(13-11-20)24(27)25-16-19(2)21-6-4-3-5-7-21/h3-9,14-15,19-20,22,26H,10-13,16-17H2,1-2H3,(H,25,27)/t19-,20?,22?/m1/s1. The second-order valence-corrected chi connectivity index (χ2v) is 10.2. The van der Waals surface area contributed by atoms with Crippen molar-refractivity contribution in [1.29, 1.82) is 0 Å². The first-order valence-electron chi connectivity index (χ1n) is 10.7. The van der Waals surface area contributed by atoms with Crippen LogP contribution in [0.3, 0.4) is 0 Å². The highest BCUT2D eigenvalue weighted by Gasteiger charge is 2.27. The lowest BCUT2D eigenvalue weighted by Gasteiger charge is -2.28. The number of aryl methyl sites for hydroxylation is 1. The highest BCUT2D eigenvalue weighted by atomic mass is 32.2. The SMILES string of the molecule is Cc1ccc(S(=O)(=O)NCC2CCC(C(=O)NC[C@@H](C)c3ccccc3)CC2)cc1. The molecule has 30 heavy (non-hydrogen) atoms. The molecule has 0 spiro atoms. The van der Waals surface area contributed by atoms with Crippen LogP contribution >= 0.6 is 0 Å². The van der Waals surface area contributed by atoms with Gasteiger partial charge in [0.25, 0.3) is 0 Å². The van der Waals surface area contributed by atoms with Crippen LogP contribution in [0.25, 0.3) is 0 Å². The van der Waals surface area contributed by atoms with Crippen LogP contribution in [0, 0.1) is 18.8 Å². The van der Waals surface area contributed by atoms with Crippen molar-refractivity contribution < 1.29 is 13.2 Å². The number of rotatable bonds is 8. The van der Waals surface area contributed by atoms with Crippen LogP contribution in [0.1, 0.15) is 49.7 Å². The normalized spacial score (nSPS) is 20.5. The molecule has 162 valence electrons. The molecule has 0 saturated heterocycles. The van der Waals surface area contributed by atoms with E-state index in [0.29, 0.717) is 18.0 Å². The van der Waals surface area contributed by atoms with E-state index < -0.39 is 10.0 Å². The molecular formula is C24H32N2O3S. The van der Waals surface area contributed by atoms with Crippen LogP contribution in [-0.4, -0.2) is 27.4 Å². The van der Waals surface area contributed by atoms with Gasteiger partial charge in [-0.3, -0.25) is 4.79 Å². The third kappa shape index (κ3) is 6.16. The molecule has 0 radical (unpaired) electrons. The van der Waals surface area contributed by atoms with Gasteiger partial charge in [-0.05, 0) is 62.1 Å². The van der Waals surface area contributed by atoms with Crippen molar-refractivity contribution in [3.63, 3.8) is 0 Å². The fourth-order valence-corrected chi connectivity index (χ4v) is 5.07. The maximum Gasteiger partial charge on any atom is 0.240 e. The van der Waals surface area contributed by atoms with Gasteiger partial charge in [0.1, 0.15) is 0 Å². The van der Waals surface area contributed by atoms with Gasteiger partial charge in [0.05, 0.1) is 4.90 Å². The molecule has 1 saturated carbocycles. The molecule has 3 rings (SSSR count). The molecule has 0 heterocycles. The number of carbonyl (C=O) groups is 1. The van der Waals surface area contributed by atoms with E-state index in [4.69, 9.17) is 0 Å². The van der Waals surface area contributed by atoms with Gasteiger partial charge in [-0.15, -0.1) is 0 Å². The Morgan fingerprint density at radius 2 is 1.63 bits per heavy atom. The Bertz CT molecular complexity index is 919. The quantitative estimate of drug-likeness (QED) is 0.667. The maximum absolute atomic E-state index is 12.5. The largest absolute Gasteiger partial charge is 0.355 e. The number of nitrogens with one attached hydrogen (secondary N) is 2. The summed E-state index contributed by atoms with van der Waals surface area (Å²) >= 11 is 0. The Morgan fingerprint density at radius 1 is 1.00 bits per heavy atom. The summed E-state index contributed by atoms with van der Waals surface area (Å²) in [7, 11) is -3.48. The van der Waals surface area contributed by atoms with Crippen molar-refractivity contribution in [3.05, 3.63) is 65.7 Å². The third-order valence-electron chi connectivity index (χ3n) is 6.06. The highest BCUT2D eigenvalue weighted by Crippen LogP contribution is 2.29. The van der Waals surface area contributed by atoms with Crippen LogP contribution in [0.4, 0.5) is 0 Å². The number of sulfonamides is 1. The second kappa shape index (κ2) is 10.2. The Morgan fingerprint density at radius 3 is 2.27 bits per heavy atom. The van der Waals surface area contributed by atoms with Crippen LogP contribution in [0.15, 0.2) is 59.5 Å². The minimum atomic E-state index is -3.48. The van der Waals surface area contributed by atoms with Crippen molar-refractivity contribution in [1.82, 2.24) is 10.0 Å². The molecule has 1 aliphatic rings. The maximum atomic E-state index is 12.5. The summed E-state index contributed by atoms with van der Waals surface area (Å²) in [6.45, 7) is 5.11. The highest BCUT2D eigenvalue weighted by molar-refractivity contribution is 7.89. The van der Waals surface area contributed by atoms with Gasteiger partial charge >= 0.3 is 0 Å². The van der Waals surface area contributed by atoms with E-state index in [-0.39, 0.29) is 23.7 Å².